The fourth-order valence-electron chi connectivity index (χ4n) is 4.20. The number of hydrogen-bond acceptors (Lipinski definition) is 5. The zero-order valence-corrected chi connectivity index (χ0v) is 17.2. The zero-order chi connectivity index (χ0) is 20.7. The van der Waals surface area contributed by atoms with Crippen LogP contribution in [-0.2, 0) is 4.74 Å². The average molecular weight is 399 g/mol. The number of aromatic nitrogens is 4. The van der Waals surface area contributed by atoms with E-state index in [0.717, 1.165) is 43.0 Å². The molecule has 0 spiro atoms. The van der Waals surface area contributed by atoms with Crippen molar-refractivity contribution in [3.63, 3.8) is 0 Å². The van der Waals surface area contributed by atoms with E-state index in [4.69, 9.17) is 9.72 Å². The van der Waals surface area contributed by atoms with Crippen LogP contribution in [0.4, 0.5) is 0 Å². The number of rotatable bonds is 5. The van der Waals surface area contributed by atoms with E-state index in [2.05, 4.69) is 47.6 Å². The zero-order valence-electron chi connectivity index (χ0n) is 17.2. The molecule has 1 aliphatic heterocycles. The SMILES string of the molecule is C=c1[nH]c(=O)c(=Cc2nc(C(CC)C3NCC(C)OC3C)[nH]c2C2CC2)[nH]c1=O. The first-order valence-electron chi connectivity index (χ1n) is 10.4. The predicted octanol–water partition coefficient (Wildman–Crippen LogP) is 0.162. The molecule has 2 aliphatic rings. The van der Waals surface area contributed by atoms with Gasteiger partial charge in [-0.2, -0.15) is 0 Å². The minimum absolute atomic E-state index is 0.0509. The van der Waals surface area contributed by atoms with Gasteiger partial charge in [-0.25, -0.2) is 4.98 Å². The molecular formula is C21H29N5O3. The second kappa shape index (κ2) is 7.76. The summed E-state index contributed by atoms with van der Waals surface area (Å²) in [5, 5.41) is 3.85. The van der Waals surface area contributed by atoms with Gasteiger partial charge in [-0.05, 0) is 39.2 Å². The van der Waals surface area contributed by atoms with Gasteiger partial charge in [-0.1, -0.05) is 13.5 Å². The van der Waals surface area contributed by atoms with Gasteiger partial charge in [0.1, 0.15) is 11.2 Å². The van der Waals surface area contributed by atoms with Gasteiger partial charge in [-0.15, -0.1) is 0 Å². The lowest BCUT2D eigenvalue weighted by Crippen LogP contribution is -2.53. The van der Waals surface area contributed by atoms with Crippen LogP contribution in [0.1, 0.15) is 69.1 Å². The van der Waals surface area contributed by atoms with Gasteiger partial charge in [0.15, 0.2) is 0 Å². The molecule has 2 aromatic heterocycles. The first-order valence-corrected chi connectivity index (χ1v) is 10.4. The summed E-state index contributed by atoms with van der Waals surface area (Å²) in [5.74, 6) is 1.48. The molecule has 8 nitrogen and oxygen atoms in total. The lowest BCUT2D eigenvalue weighted by atomic mass is 9.91. The normalized spacial score (nSPS) is 26.6. The molecule has 0 amide bonds. The van der Waals surface area contributed by atoms with Gasteiger partial charge in [-0.3, -0.25) is 9.59 Å². The molecule has 4 rings (SSSR count). The summed E-state index contributed by atoms with van der Waals surface area (Å²) in [6.07, 6.45) is 5.04. The number of hydrogen-bond donors (Lipinski definition) is 4. The summed E-state index contributed by atoms with van der Waals surface area (Å²) in [6, 6.07) is 0.163. The predicted molar refractivity (Wildman–Crippen MR) is 111 cm³/mol. The third-order valence-electron chi connectivity index (χ3n) is 5.90. The molecular weight excluding hydrogens is 370 g/mol. The maximum Gasteiger partial charge on any atom is 0.272 e. The molecule has 29 heavy (non-hydrogen) atoms. The lowest BCUT2D eigenvalue weighted by molar-refractivity contribution is -0.0506. The summed E-state index contributed by atoms with van der Waals surface area (Å²) in [7, 11) is 0. The molecule has 1 saturated carbocycles. The second-order valence-corrected chi connectivity index (χ2v) is 8.24. The summed E-state index contributed by atoms with van der Waals surface area (Å²) < 4.78 is 6.03. The largest absolute Gasteiger partial charge is 0.373 e. The van der Waals surface area contributed by atoms with Crippen molar-refractivity contribution in [1.82, 2.24) is 25.3 Å². The van der Waals surface area contributed by atoms with Crippen LogP contribution in [0.5, 0.6) is 0 Å². The lowest BCUT2D eigenvalue weighted by Gasteiger charge is -2.38. The Bertz CT molecular complexity index is 1110. The number of nitrogens with one attached hydrogen (secondary N) is 4. The van der Waals surface area contributed by atoms with E-state index in [9.17, 15) is 9.59 Å². The Morgan fingerprint density at radius 3 is 2.62 bits per heavy atom. The van der Waals surface area contributed by atoms with E-state index in [1.807, 2.05) is 0 Å². The molecule has 4 atom stereocenters. The van der Waals surface area contributed by atoms with E-state index >= 15 is 0 Å². The van der Waals surface area contributed by atoms with Crippen molar-refractivity contribution in [2.24, 2.45) is 0 Å². The molecule has 2 aromatic rings. The van der Waals surface area contributed by atoms with Gasteiger partial charge < -0.3 is 25.0 Å². The first-order chi connectivity index (χ1) is 13.9. The molecule has 1 saturated heterocycles. The van der Waals surface area contributed by atoms with Crippen molar-refractivity contribution in [3.05, 3.63) is 48.6 Å². The fraction of sp³-hybridized carbons (Fsp3) is 0.571. The number of nitrogens with zero attached hydrogens (tertiary/aromatic N) is 1. The standard InChI is InChI=1S/C21H29N5O3/c1-5-14(17-12(4)29-10(2)9-22-17)19-24-15(18(26-19)13-6-7-13)8-16-21(28)23-11(3)20(27)25-16/h8,10,12-14,17,22H,3,5-7,9H2,1-2,4H3,(H,23,28)(H,24,26)(H,25,27). The third-order valence-corrected chi connectivity index (χ3v) is 5.90. The van der Waals surface area contributed by atoms with Crippen molar-refractivity contribution in [1.29, 1.82) is 0 Å². The van der Waals surface area contributed by atoms with Crippen molar-refractivity contribution >= 4 is 12.7 Å². The quantitative estimate of drug-likeness (QED) is 0.572. The minimum Gasteiger partial charge on any atom is -0.373 e. The number of H-pyrrole nitrogens is 3. The van der Waals surface area contributed by atoms with Gasteiger partial charge in [0.25, 0.3) is 11.1 Å². The Hall–Kier alpha value is -2.45. The summed E-state index contributed by atoms with van der Waals surface area (Å²) in [4.78, 5) is 37.6. The van der Waals surface area contributed by atoms with E-state index in [1.54, 1.807) is 6.08 Å². The smallest absolute Gasteiger partial charge is 0.272 e. The highest BCUT2D eigenvalue weighted by Gasteiger charge is 2.35. The van der Waals surface area contributed by atoms with Crippen LogP contribution >= 0.6 is 0 Å². The third kappa shape index (κ3) is 4.00. The molecule has 3 heterocycles. The second-order valence-electron chi connectivity index (χ2n) is 8.24. The van der Waals surface area contributed by atoms with E-state index in [-0.39, 0.29) is 40.4 Å². The summed E-state index contributed by atoms with van der Waals surface area (Å²) in [6.45, 7) is 10.7. The molecule has 156 valence electrons. The Morgan fingerprint density at radius 1 is 1.21 bits per heavy atom. The number of aromatic amines is 3. The van der Waals surface area contributed by atoms with Crippen molar-refractivity contribution in [3.8, 4) is 0 Å². The van der Waals surface area contributed by atoms with Crippen molar-refractivity contribution in [2.75, 3.05) is 6.54 Å². The highest BCUT2D eigenvalue weighted by Crippen LogP contribution is 2.42. The number of morpholine rings is 1. The maximum absolute atomic E-state index is 12.2. The first kappa shape index (κ1) is 19.8. The number of imidazole rings is 1. The van der Waals surface area contributed by atoms with Gasteiger partial charge in [0.2, 0.25) is 0 Å². The van der Waals surface area contributed by atoms with Gasteiger partial charge in [0, 0.05) is 30.1 Å². The Labute approximate surface area is 168 Å². The van der Waals surface area contributed by atoms with E-state index in [0.29, 0.717) is 5.92 Å². The van der Waals surface area contributed by atoms with Crippen LogP contribution in [0.2, 0.25) is 0 Å². The number of ether oxygens (including phenoxy) is 1. The van der Waals surface area contributed by atoms with Gasteiger partial charge >= 0.3 is 0 Å². The van der Waals surface area contributed by atoms with Crippen molar-refractivity contribution in [2.45, 2.75) is 70.1 Å². The van der Waals surface area contributed by atoms with Gasteiger partial charge in [0.05, 0.1) is 23.3 Å². The molecule has 2 fully saturated rings. The fourth-order valence-corrected chi connectivity index (χ4v) is 4.20. The Balaban J connectivity index is 1.75. The molecule has 4 unspecified atom stereocenters. The minimum atomic E-state index is -0.405. The highest BCUT2D eigenvalue weighted by molar-refractivity contribution is 5.49. The van der Waals surface area contributed by atoms with Crippen LogP contribution in [0, 0.1) is 0 Å². The van der Waals surface area contributed by atoms with Crippen LogP contribution < -0.4 is 27.1 Å². The van der Waals surface area contributed by atoms with E-state index in [1.165, 1.54) is 0 Å². The monoisotopic (exact) mass is 399 g/mol. The summed E-state index contributed by atoms with van der Waals surface area (Å²) >= 11 is 0. The van der Waals surface area contributed by atoms with Crippen LogP contribution in [0.25, 0.3) is 12.7 Å². The summed E-state index contributed by atoms with van der Waals surface area (Å²) in [5.41, 5.74) is 0.974. The maximum atomic E-state index is 12.2. The molecule has 4 N–H and O–H groups in total. The highest BCUT2D eigenvalue weighted by atomic mass is 16.5. The Kier molecular flexibility index (Phi) is 5.31. The topological polar surface area (TPSA) is 116 Å². The molecule has 1 aliphatic carbocycles. The molecule has 0 bridgehead atoms. The van der Waals surface area contributed by atoms with Crippen LogP contribution in [0.3, 0.4) is 0 Å². The average Bonchev–Trinajstić information content (AvgIpc) is 3.43. The molecule has 8 heteroatoms. The van der Waals surface area contributed by atoms with E-state index < -0.39 is 5.56 Å². The van der Waals surface area contributed by atoms with Crippen LogP contribution in [-0.4, -0.2) is 44.7 Å². The Morgan fingerprint density at radius 2 is 1.97 bits per heavy atom. The molecule has 0 aromatic carbocycles. The van der Waals surface area contributed by atoms with Crippen LogP contribution in [0.15, 0.2) is 9.59 Å². The van der Waals surface area contributed by atoms with Crippen molar-refractivity contribution < 1.29 is 4.74 Å². The molecule has 0 radical (unpaired) electrons.